The third-order valence-corrected chi connectivity index (χ3v) is 5.50. The van der Waals surface area contributed by atoms with Gasteiger partial charge in [-0.25, -0.2) is 0 Å². The van der Waals surface area contributed by atoms with Crippen LogP contribution in [0.3, 0.4) is 0 Å². The summed E-state index contributed by atoms with van der Waals surface area (Å²) < 4.78 is 5.38. The summed E-state index contributed by atoms with van der Waals surface area (Å²) in [5, 5.41) is 3.30. The van der Waals surface area contributed by atoms with Gasteiger partial charge in [0.1, 0.15) is 0 Å². The number of hydrogen-bond donors (Lipinski definition) is 1. The minimum absolute atomic E-state index is 0.0558. The van der Waals surface area contributed by atoms with Gasteiger partial charge in [-0.1, -0.05) is 54.6 Å². The number of carbonyl (C=O) groups is 2. The zero-order valence-electron chi connectivity index (χ0n) is 16.5. The van der Waals surface area contributed by atoms with E-state index in [2.05, 4.69) is 10.2 Å². The number of nitrogens with zero attached hydrogens (tertiary/aromatic N) is 1. The van der Waals surface area contributed by atoms with Crippen molar-refractivity contribution in [2.24, 2.45) is 0 Å². The fourth-order valence-electron chi connectivity index (χ4n) is 3.92. The number of allylic oxidation sites excluding steroid dienone is 2. The Labute approximate surface area is 171 Å². The van der Waals surface area contributed by atoms with Crippen molar-refractivity contribution in [3.8, 4) is 0 Å². The van der Waals surface area contributed by atoms with E-state index in [1.165, 1.54) is 0 Å². The molecular formula is C24H26N2O3. The second-order valence-corrected chi connectivity index (χ2v) is 7.45. The van der Waals surface area contributed by atoms with E-state index < -0.39 is 0 Å². The average Bonchev–Trinajstić information content (AvgIpc) is 2.78. The first-order valence-corrected chi connectivity index (χ1v) is 10.2. The van der Waals surface area contributed by atoms with E-state index in [-0.39, 0.29) is 11.6 Å². The zero-order valence-corrected chi connectivity index (χ0v) is 16.5. The van der Waals surface area contributed by atoms with E-state index >= 15 is 0 Å². The summed E-state index contributed by atoms with van der Waals surface area (Å²) >= 11 is 0. The molecule has 0 unspecified atom stereocenters. The average molecular weight is 390 g/mol. The molecule has 0 radical (unpaired) electrons. The highest BCUT2D eigenvalue weighted by Gasteiger charge is 2.31. The van der Waals surface area contributed by atoms with Gasteiger partial charge in [-0.15, -0.1) is 0 Å². The van der Waals surface area contributed by atoms with Crippen LogP contribution in [0.2, 0.25) is 0 Å². The molecule has 1 saturated heterocycles. The third-order valence-electron chi connectivity index (χ3n) is 5.50. The molecule has 1 heterocycles. The molecule has 1 N–H and O–H groups in total. The predicted octanol–water partition coefficient (Wildman–Crippen LogP) is 2.87. The van der Waals surface area contributed by atoms with Crippen LogP contribution in [0.25, 0.3) is 0 Å². The largest absolute Gasteiger partial charge is 0.381 e. The lowest BCUT2D eigenvalue weighted by Gasteiger charge is -2.27. The van der Waals surface area contributed by atoms with Gasteiger partial charge in [0.2, 0.25) is 5.78 Å². The third kappa shape index (κ3) is 4.47. The lowest BCUT2D eigenvalue weighted by Crippen LogP contribution is -2.38. The molecule has 5 nitrogen and oxygen atoms in total. The molecule has 4 rings (SSSR count). The zero-order chi connectivity index (χ0) is 20.1. The van der Waals surface area contributed by atoms with Crippen molar-refractivity contribution >= 4 is 11.6 Å². The van der Waals surface area contributed by atoms with Crippen molar-refractivity contribution in [1.82, 2.24) is 10.2 Å². The molecule has 1 aliphatic heterocycles. The number of hydrogen-bond acceptors (Lipinski definition) is 5. The topological polar surface area (TPSA) is 58.6 Å². The molecule has 5 heteroatoms. The van der Waals surface area contributed by atoms with E-state index in [0.717, 1.165) is 44.8 Å². The van der Waals surface area contributed by atoms with E-state index in [1.807, 2.05) is 42.5 Å². The minimum Gasteiger partial charge on any atom is -0.381 e. The SMILES string of the molecule is O=C1C(Cc2ccccc2)=C(NCCCN2CCOCC2)C(=O)c2ccccc21. The predicted molar refractivity (Wildman–Crippen MR) is 112 cm³/mol. The van der Waals surface area contributed by atoms with Gasteiger partial charge in [0.05, 0.1) is 18.9 Å². The Morgan fingerprint density at radius 3 is 2.24 bits per heavy atom. The van der Waals surface area contributed by atoms with Crippen LogP contribution in [0.15, 0.2) is 65.9 Å². The number of carbonyl (C=O) groups excluding carboxylic acids is 2. The first-order chi connectivity index (χ1) is 14.2. The fraction of sp³-hybridized carbons (Fsp3) is 0.333. The molecule has 150 valence electrons. The van der Waals surface area contributed by atoms with Crippen LogP contribution in [0.1, 0.15) is 32.7 Å². The molecule has 29 heavy (non-hydrogen) atoms. The number of Topliss-reactive ketones (excluding diaryl/α,β-unsaturated/α-hetero) is 2. The summed E-state index contributed by atoms with van der Waals surface area (Å²) in [5.41, 5.74) is 3.04. The summed E-state index contributed by atoms with van der Waals surface area (Å²) in [6.45, 7) is 5.08. The van der Waals surface area contributed by atoms with Gasteiger partial charge >= 0.3 is 0 Å². The molecular weight excluding hydrogens is 364 g/mol. The maximum atomic E-state index is 13.2. The number of ketones is 2. The molecule has 2 aromatic carbocycles. The van der Waals surface area contributed by atoms with Crippen LogP contribution in [0.4, 0.5) is 0 Å². The van der Waals surface area contributed by atoms with E-state index in [4.69, 9.17) is 4.74 Å². The molecule has 0 aromatic heterocycles. The van der Waals surface area contributed by atoms with E-state index in [0.29, 0.717) is 35.4 Å². The molecule has 2 aliphatic rings. The first-order valence-electron chi connectivity index (χ1n) is 10.2. The minimum atomic E-state index is -0.0856. The molecule has 0 bridgehead atoms. The van der Waals surface area contributed by atoms with Crippen LogP contribution in [0, 0.1) is 0 Å². The highest BCUT2D eigenvalue weighted by atomic mass is 16.5. The first kappa shape index (κ1) is 19.6. The van der Waals surface area contributed by atoms with Gasteiger partial charge in [0.25, 0.3) is 0 Å². The van der Waals surface area contributed by atoms with Crippen LogP contribution in [-0.4, -0.2) is 55.9 Å². The fourth-order valence-corrected chi connectivity index (χ4v) is 3.92. The summed E-state index contributed by atoms with van der Waals surface area (Å²) in [6.07, 6.45) is 1.36. The second kappa shape index (κ2) is 9.16. The summed E-state index contributed by atoms with van der Waals surface area (Å²) in [6, 6.07) is 16.9. The van der Waals surface area contributed by atoms with Gasteiger partial charge in [0.15, 0.2) is 5.78 Å². The molecule has 1 fully saturated rings. The quantitative estimate of drug-likeness (QED) is 0.737. The lowest BCUT2D eigenvalue weighted by molar-refractivity contribution is 0.0375. The van der Waals surface area contributed by atoms with Gasteiger partial charge in [0, 0.05) is 42.8 Å². The smallest absolute Gasteiger partial charge is 0.210 e. The molecule has 0 amide bonds. The Kier molecular flexibility index (Phi) is 6.17. The van der Waals surface area contributed by atoms with Crippen molar-refractivity contribution in [3.63, 3.8) is 0 Å². The van der Waals surface area contributed by atoms with Gasteiger partial charge in [-0.2, -0.15) is 0 Å². The Bertz CT molecular complexity index is 915. The summed E-state index contributed by atoms with van der Waals surface area (Å²) in [5.74, 6) is -0.141. The second-order valence-electron chi connectivity index (χ2n) is 7.45. The molecule has 2 aromatic rings. The Morgan fingerprint density at radius 2 is 1.52 bits per heavy atom. The molecule has 0 atom stereocenters. The number of rotatable bonds is 7. The lowest BCUT2D eigenvalue weighted by atomic mass is 9.84. The maximum absolute atomic E-state index is 13.2. The summed E-state index contributed by atoms with van der Waals surface area (Å²) in [4.78, 5) is 28.7. The highest BCUT2D eigenvalue weighted by Crippen LogP contribution is 2.27. The molecule has 0 saturated carbocycles. The van der Waals surface area contributed by atoms with E-state index in [9.17, 15) is 9.59 Å². The molecule has 0 spiro atoms. The van der Waals surface area contributed by atoms with Gasteiger partial charge in [-0.3, -0.25) is 14.5 Å². The van der Waals surface area contributed by atoms with Crippen LogP contribution in [-0.2, 0) is 11.2 Å². The number of nitrogens with one attached hydrogen (secondary N) is 1. The van der Waals surface area contributed by atoms with Gasteiger partial charge < -0.3 is 10.1 Å². The number of fused-ring (bicyclic) bond motifs is 1. The van der Waals surface area contributed by atoms with Crippen molar-refractivity contribution in [2.45, 2.75) is 12.8 Å². The van der Waals surface area contributed by atoms with Crippen LogP contribution < -0.4 is 5.32 Å². The van der Waals surface area contributed by atoms with Gasteiger partial charge in [-0.05, 0) is 18.5 Å². The normalized spacial score (nSPS) is 17.4. The van der Waals surface area contributed by atoms with Crippen molar-refractivity contribution < 1.29 is 14.3 Å². The summed E-state index contributed by atoms with van der Waals surface area (Å²) in [7, 11) is 0. The van der Waals surface area contributed by atoms with Crippen molar-refractivity contribution in [2.75, 3.05) is 39.4 Å². The van der Waals surface area contributed by atoms with Crippen molar-refractivity contribution in [3.05, 3.63) is 82.6 Å². The Balaban J connectivity index is 1.52. The maximum Gasteiger partial charge on any atom is 0.210 e. The number of ether oxygens (including phenoxy) is 1. The molecule has 1 aliphatic carbocycles. The number of benzene rings is 2. The Morgan fingerprint density at radius 1 is 0.862 bits per heavy atom. The standard InChI is InChI=1S/C24H26N2O3/c27-23-19-9-4-5-10-20(19)24(28)22(21(23)17-18-7-2-1-3-8-18)25-11-6-12-26-13-15-29-16-14-26/h1-5,7-10,25H,6,11-17H2. The van der Waals surface area contributed by atoms with E-state index in [1.54, 1.807) is 12.1 Å². The monoisotopic (exact) mass is 390 g/mol. The van der Waals surface area contributed by atoms with Crippen LogP contribution in [0.5, 0.6) is 0 Å². The van der Waals surface area contributed by atoms with Crippen molar-refractivity contribution in [1.29, 1.82) is 0 Å². The Hall–Kier alpha value is -2.76. The van der Waals surface area contributed by atoms with Crippen LogP contribution >= 0.6 is 0 Å². The number of morpholine rings is 1. The highest BCUT2D eigenvalue weighted by molar-refractivity contribution is 6.26.